The smallest absolute Gasteiger partial charge is 0.303 e. The SMILES string of the molecule is CC(=O)OC12CCCCC1C1OC(C)(C)OC1C1C2C(OCc2ccccc2)C[C@]2(C)C(O[Si](C)(C)C(C)(C)C)CCC12. The zero-order valence-corrected chi connectivity index (χ0v) is 29.1. The molecule has 1 aromatic rings. The van der Waals surface area contributed by atoms with Gasteiger partial charge in [-0.15, -0.1) is 0 Å². The quantitative estimate of drug-likeness (QED) is 0.239. The van der Waals surface area contributed by atoms with E-state index < -0.39 is 19.7 Å². The molecule has 0 spiro atoms. The molecular weight excluding hydrogens is 556 g/mol. The van der Waals surface area contributed by atoms with Crippen molar-refractivity contribution in [2.24, 2.45) is 29.1 Å². The number of ether oxygens (including phenoxy) is 4. The first-order valence-electron chi connectivity index (χ1n) is 17.0. The Morgan fingerprint density at radius 1 is 0.977 bits per heavy atom. The second kappa shape index (κ2) is 10.9. The third-order valence-electron chi connectivity index (χ3n) is 12.6. The van der Waals surface area contributed by atoms with Gasteiger partial charge < -0.3 is 23.4 Å². The van der Waals surface area contributed by atoms with E-state index in [4.69, 9.17) is 23.4 Å². The fourth-order valence-corrected chi connectivity index (χ4v) is 11.3. The molecule has 43 heavy (non-hydrogen) atoms. The van der Waals surface area contributed by atoms with Crippen LogP contribution in [0.5, 0.6) is 0 Å². The van der Waals surface area contributed by atoms with Gasteiger partial charge in [0.2, 0.25) is 0 Å². The van der Waals surface area contributed by atoms with Crippen molar-refractivity contribution in [1.29, 1.82) is 0 Å². The van der Waals surface area contributed by atoms with Gasteiger partial charge in [-0.25, -0.2) is 0 Å². The van der Waals surface area contributed by atoms with E-state index in [0.717, 1.165) is 44.9 Å². The van der Waals surface area contributed by atoms with Gasteiger partial charge >= 0.3 is 5.97 Å². The minimum absolute atomic E-state index is 0.0499. The summed E-state index contributed by atoms with van der Waals surface area (Å²) in [6, 6.07) is 10.5. The number of hydrogen-bond acceptors (Lipinski definition) is 6. The molecule has 1 heterocycles. The molecule has 0 bridgehead atoms. The molecule has 4 aliphatic carbocycles. The van der Waals surface area contributed by atoms with Crippen molar-refractivity contribution in [2.45, 2.75) is 154 Å². The molecule has 0 amide bonds. The van der Waals surface area contributed by atoms with Gasteiger partial charge in [-0.3, -0.25) is 4.79 Å². The van der Waals surface area contributed by atoms with Gasteiger partial charge in [-0.1, -0.05) is 64.4 Å². The second-order valence-electron chi connectivity index (χ2n) is 16.7. The molecule has 10 atom stereocenters. The first-order chi connectivity index (χ1) is 20.1. The van der Waals surface area contributed by atoms with Crippen LogP contribution in [0.15, 0.2) is 30.3 Å². The Morgan fingerprint density at radius 2 is 1.67 bits per heavy atom. The van der Waals surface area contributed by atoms with E-state index in [9.17, 15) is 4.79 Å². The highest BCUT2D eigenvalue weighted by Crippen LogP contribution is 2.68. The lowest BCUT2D eigenvalue weighted by Crippen LogP contribution is -2.71. The highest BCUT2D eigenvalue weighted by Gasteiger charge is 2.73. The number of carbonyl (C=O) groups is 1. The van der Waals surface area contributed by atoms with Crippen LogP contribution in [-0.2, 0) is 34.8 Å². The van der Waals surface area contributed by atoms with Gasteiger partial charge in [-0.05, 0) is 87.4 Å². The Hall–Kier alpha value is -1.25. The van der Waals surface area contributed by atoms with Crippen LogP contribution in [0.3, 0.4) is 0 Å². The van der Waals surface area contributed by atoms with E-state index >= 15 is 0 Å². The number of rotatable bonds is 6. The fourth-order valence-electron chi connectivity index (χ4n) is 9.88. The third kappa shape index (κ3) is 5.37. The molecule has 6 nitrogen and oxygen atoms in total. The number of carbonyl (C=O) groups excluding carboxylic acids is 1. The molecular formula is C36H56O6Si. The van der Waals surface area contributed by atoms with Crippen LogP contribution < -0.4 is 0 Å². The Morgan fingerprint density at radius 3 is 2.35 bits per heavy atom. The van der Waals surface area contributed by atoms with Gasteiger partial charge in [0.25, 0.3) is 0 Å². The normalized spacial score (nSPS) is 42.0. The molecule has 0 radical (unpaired) electrons. The van der Waals surface area contributed by atoms with Gasteiger partial charge in [0.1, 0.15) is 5.60 Å². The zero-order valence-electron chi connectivity index (χ0n) is 28.1. The summed E-state index contributed by atoms with van der Waals surface area (Å²) in [5, 5.41) is 0.138. The topological polar surface area (TPSA) is 63.2 Å². The summed E-state index contributed by atoms with van der Waals surface area (Å²) in [5.74, 6) is -0.173. The summed E-state index contributed by atoms with van der Waals surface area (Å²) < 4.78 is 34.8. The molecule has 1 aromatic carbocycles. The average Bonchev–Trinajstić information content (AvgIpc) is 3.41. The molecule has 1 saturated heterocycles. The first-order valence-corrected chi connectivity index (χ1v) is 19.9. The minimum atomic E-state index is -2.01. The maximum absolute atomic E-state index is 13.0. The van der Waals surface area contributed by atoms with Crippen LogP contribution in [0.25, 0.3) is 0 Å². The van der Waals surface area contributed by atoms with Gasteiger partial charge in [-0.2, -0.15) is 0 Å². The molecule has 0 aromatic heterocycles. The van der Waals surface area contributed by atoms with Crippen LogP contribution in [0.4, 0.5) is 0 Å². The van der Waals surface area contributed by atoms with Gasteiger partial charge in [0, 0.05) is 24.7 Å². The Kier molecular flexibility index (Phi) is 8.06. The van der Waals surface area contributed by atoms with Crippen molar-refractivity contribution in [3.63, 3.8) is 0 Å². The lowest BCUT2D eigenvalue weighted by Gasteiger charge is -2.64. The van der Waals surface area contributed by atoms with E-state index in [1.807, 2.05) is 0 Å². The molecule has 4 saturated carbocycles. The van der Waals surface area contributed by atoms with Crippen LogP contribution in [0, 0.1) is 29.1 Å². The summed E-state index contributed by atoms with van der Waals surface area (Å²) in [4.78, 5) is 13.0. The number of esters is 1. The predicted molar refractivity (Wildman–Crippen MR) is 170 cm³/mol. The van der Waals surface area contributed by atoms with E-state index in [2.05, 4.69) is 85.0 Å². The van der Waals surface area contributed by atoms with Gasteiger partial charge in [0.15, 0.2) is 14.1 Å². The molecule has 1 aliphatic heterocycles. The largest absolute Gasteiger partial charge is 0.458 e. The highest BCUT2D eigenvalue weighted by molar-refractivity contribution is 6.74. The first kappa shape index (κ1) is 31.7. The van der Waals surface area contributed by atoms with Crippen molar-refractivity contribution in [1.82, 2.24) is 0 Å². The van der Waals surface area contributed by atoms with Crippen LogP contribution in [0.2, 0.25) is 18.1 Å². The number of benzene rings is 1. The predicted octanol–water partition coefficient (Wildman–Crippen LogP) is 8.04. The van der Waals surface area contributed by atoms with Crippen LogP contribution in [0.1, 0.15) is 99.0 Å². The molecule has 0 N–H and O–H groups in total. The Labute approximate surface area is 261 Å². The molecule has 240 valence electrons. The maximum Gasteiger partial charge on any atom is 0.303 e. The van der Waals surface area contributed by atoms with Crippen molar-refractivity contribution < 1.29 is 28.2 Å². The lowest BCUT2D eigenvalue weighted by atomic mass is 9.46. The van der Waals surface area contributed by atoms with Crippen molar-refractivity contribution in [3.05, 3.63) is 35.9 Å². The summed E-state index contributed by atoms with van der Waals surface area (Å²) in [7, 11) is -2.01. The van der Waals surface area contributed by atoms with E-state index in [0.29, 0.717) is 12.5 Å². The van der Waals surface area contributed by atoms with E-state index in [1.165, 1.54) is 5.56 Å². The monoisotopic (exact) mass is 612 g/mol. The molecule has 5 fully saturated rings. The lowest BCUT2D eigenvalue weighted by molar-refractivity contribution is -0.271. The molecule has 7 heteroatoms. The molecule has 5 aliphatic rings. The summed E-state index contributed by atoms with van der Waals surface area (Å²) >= 11 is 0. The highest BCUT2D eigenvalue weighted by atomic mass is 28.4. The third-order valence-corrected chi connectivity index (χ3v) is 17.1. The maximum atomic E-state index is 13.0. The second-order valence-corrected chi connectivity index (χ2v) is 21.4. The Bertz CT molecular complexity index is 1180. The number of hydrogen-bond donors (Lipinski definition) is 0. The zero-order chi connectivity index (χ0) is 31.0. The van der Waals surface area contributed by atoms with Crippen LogP contribution >= 0.6 is 0 Å². The van der Waals surface area contributed by atoms with Crippen molar-refractivity contribution in [2.75, 3.05) is 0 Å². The fraction of sp³-hybridized carbons (Fsp3) is 0.806. The standard InChI is InChI=1S/C36H56O6Si/c1-23(37)39-36-20-14-13-17-26(36)31-32(41-34(5,6)40-31)29-25-18-19-28(42-43(8,9)33(2,3)4)35(25,7)21-27(30(29)36)38-22-24-15-11-10-12-16-24/h10-12,15-16,25-32H,13-14,17-22H2,1-9H3/t25?,26?,27?,28?,29?,30?,31?,32?,35-,36?/m0/s1. The van der Waals surface area contributed by atoms with Gasteiger partial charge in [0.05, 0.1) is 31.0 Å². The van der Waals surface area contributed by atoms with Crippen molar-refractivity contribution in [3.8, 4) is 0 Å². The minimum Gasteiger partial charge on any atom is -0.458 e. The summed E-state index contributed by atoms with van der Waals surface area (Å²) in [6.07, 6.45) is 7.03. The summed E-state index contributed by atoms with van der Waals surface area (Å²) in [5.41, 5.74) is 0.488. The Balaban J connectivity index is 1.46. The molecule has 9 unspecified atom stereocenters. The molecule has 6 rings (SSSR count). The number of fused-ring (bicyclic) bond motifs is 8. The van der Waals surface area contributed by atoms with Crippen molar-refractivity contribution >= 4 is 14.3 Å². The average molecular weight is 613 g/mol. The van der Waals surface area contributed by atoms with Crippen LogP contribution in [-0.4, -0.2) is 50.1 Å². The summed E-state index contributed by atoms with van der Waals surface area (Å²) in [6.45, 7) is 20.5. The van der Waals surface area contributed by atoms with E-state index in [1.54, 1.807) is 6.92 Å². The van der Waals surface area contributed by atoms with E-state index in [-0.39, 0.29) is 58.6 Å².